The molecule has 0 spiro atoms. The number of hydrazone groups is 1. The maximum atomic E-state index is 12.3. The molecule has 0 bridgehead atoms. The first-order valence-electron chi connectivity index (χ1n) is 10.3. The highest BCUT2D eigenvalue weighted by Gasteiger charge is 2.31. The van der Waals surface area contributed by atoms with Crippen LogP contribution in [0.4, 0.5) is 5.69 Å². The molecule has 0 aliphatic carbocycles. The second kappa shape index (κ2) is 8.03. The van der Waals surface area contributed by atoms with E-state index >= 15 is 0 Å². The molecule has 5 nitrogen and oxygen atoms in total. The number of benzene rings is 3. The molecule has 0 saturated carbocycles. The molecule has 1 atom stereocenters. The summed E-state index contributed by atoms with van der Waals surface area (Å²) in [6.07, 6.45) is 4.50. The molecular weight excluding hydrogens is 384 g/mol. The molecule has 1 aliphatic heterocycles. The van der Waals surface area contributed by atoms with Gasteiger partial charge in [0.1, 0.15) is 0 Å². The standard InChI is InChI=1S/C26H22N4O/c1-18(31)30-26(19-9-3-2-4-10-19)15-25(29-30)22-12-6-8-14-24(22)28-17-20-16-27-23-13-7-5-11-21(20)23/h2-14,16-17,26-27H,15H2,1H3. The summed E-state index contributed by atoms with van der Waals surface area (Å²) in [7, 11) is 0. The molecule has 152 valence electrons. The van der Waals surface area contributed by atoms with E-state index in [4.69, 9.17) is 10.1 Å². The van der Waals surface area contributed by atoms with Gasteiger partial charge < -0.3 is 4.98 Å². The number of rotatable bonds is 4. The van der Waals surface area contributed by atoms with Crippen molar-refractivity contribution in [2.75, 3.05) is 0 Å². The Morgan fingerprint density at radius 3 is 2.61 bits per heavy atom. The molecule has 1 aliphatic rings. The van der Waals surface area contributed by atoms with Gasteiger partial charge in [0.2, 0.25) is 5.91 Å². The van der Waals surface area contributed by atoms with Crippen molar-refractivity contribution in [3.8, 4) is 0 Å². The van der Waals surface area contributed by atoms with E-state index in [1.807, 2.05) is 85.2 Å². The number of hydrogen-bond donors (Lipinski definition) is 1. The summed E-state index contributed by atoms with van der Waals surface area (Å²) in [6.45, 7) is 1.56. The summed E-state index contributed by atoms with van der Waals surface area (Å²) < 4.78 is 0. The minimum Gasteiger partial charge on any atom is -0.361 e. The van der Waals surface area contributed by atoms with Crippen molar-refractivity contribution in [1.82, 2.24) is 9.99 Å². The van der Waals surface area contributed by atoms with Crippen LogP contribution >= 0.6 is 0 Å². The van der Waals surface area contributed by atoms with Crippen molar-refractivity contribution >= 4 is 34.4 Å². The number of para-hydroxylation sites is 2. The quantitative estimate of drug-likeness (QED) is 0.440. The Bertz CT molecular complexity index is 1300. The van der Waals surface area contributed by atoms with Crippen LogP contribution in [-0.4, -0.2) is 27.8 Å². The van der Waals surface area contributed by atoms with Gasteiger partial charge in [-0.3, -0.25) is 9.79 Å². The second-order valence-corrected chi connectivity index (χ2v) is 7.61. The van der Waals surface area contributed by atoms with Crippen LogP contribution in [0.2, 0.25) is 0 Å². The van der Waals surface area contributed by atoms with Crippen LogP contribution < -0.4 is 0 Å². The first kappa shape index (κ1) is 19.0. The summed E-state index contributed by atoms with van der Waals surface area (Å²) in [6, 6.07) is 26.1. The number of aliphatic imine (C=N–C) groups is 1. The van der Waals surface area contributed by atoms with Crippen LogP contribution in [0.15, 0.2) is 95.2 Å². The minimum absolute atomic E-state index is 0.0661. The lowest BCUT2D eigenvalue weighted by Crippen LogP contribution is -2.24. The molecule has 2 heterocycles. The van der Waals surface area contributed by atoms with E-state index in [1.54, 1.807) is 11.9 Å². The molecule has 31 heavy (non-hydrogen) atoms. The average molecular weight is 406 g/mol. The fourth-order valence-corrected chi connectivity index (χ4v) is 4.07. The SMILES string of the molecule is CC(=O)N1N=C(c2ccccc2N=Cc2c[nH]c3ccccc23)CC1c1ccccc1. The number of nitrogens with zero attached hydrogens (tertiary/aromatic N) is 3. The number of aromatic amines is 1. The van der Waals surface area contributed by atoms with Crippen molar-refractivity contribution in [3.05, 3.63) is 102 Å². The van der Waals surface area contributed by atoms with Crippen molar-refractivity contribution in [3.63, 3.8) is 0 Å². The Morgan fingerprint density at radius 1 is 1.03 bits per heavy atom. The molecule has 0 fully saturated rings. The molecule has 0 radical (unpaired) electrons. The van der Waals surface area contributed by atoms with Gasteiger partial charge in [-0.15, -0.1) is 0 Å². The first-order valence-corrected chi connectivity index (χ1v) is 10.3. The Kier molecular flexibility index (Phi) is 4.92. The summed E-state index contributed by atoms with van der Waals surface area (Å²) in [5, 5.41) is 7.41. The van der Waals surface area contributed by atoms with Crippen LogP contribution in [0.1, 0.15) is 36.1 Å². The molecule has 1 amide bonds. The lowest BCUT2D eigenvalue weighted by atomic mass is 9.97. The fraction of sp³-hybridized carbons (Fsp3) is 0.115. The third-order valence-electron chi connectivity index (χ3n) is 5.60. The molecule has 0 saturated heterocycles. The van der Waals surface area contributed by atoms with Crippen LogP contribution in [0.25, 0.3) is 10.9 Å². The van der Waals surface area contributed by atoms with Gasteiger partial charge in [-0.05, 0) is 17.7 Å². The van der Waals surface area contributed by atoms with E-state index in [0.29, 0.717) is 6.42 Å². The Balaban J connectivity index is 1.49. The lowest BCUT2D eigenvalue weighted by molar-refractivity contribution is -0.130. The number of amides is 1. The van der Waals surface area contributed by atoms with E-state index in [2.05, 4.69) is 11.1 Å². The zero-order chi connectivity index (χ0) is 21.2. The fourth-order valence-electron chi connectivity index (χ4n) is 4.07. The molecule has 5 heteroatoms. The molecule has 1 N–H and O–H groups in total. The van der Waals surface area contributed by atoms with Crippen molar-refractivity contribution in [1.29, 1.82) is 0 Å². The van der Waals surface area contributed by atoms with Gasteiger partial charge in [0.15, 0.2) is 0 Å². The van der Waals surface area contributed by atoms with Crippen LogP contribution in [-0.2, 0) is 4.79 Å². The van der Waals surface area contributed by atoms with Gasteiger partial charge in [-0.1, -0.05) is 66.7 Å². The number of aromatic nitrogens is 1. The molecule has 5 rings (SSSR count). The van der Waals surface area contributed by atoms with Crippen LogP contribution in [0.5, 0.6) is 0 Å². The summed E-state index contributed by atoms with van der Waals surface area (Å²) in [4.78, 5) is 20.3. The third-order valence-corrected chi connectivity index (χ3v) is 5.60. The van der Waals surface area contributed by atoms with E-state index < -0.39 is 0 Å². The van der Waals surface area contributed by atoms with E-state index in [1.165, 1.54) is 0 Å². The molecule has 1 unspecified atom stereocenters. The van der Waals surface area contributed by atoms with Gasteiger partial charge in [0, 0.05) is 47.8 Å². The maximum absolute atomic E-state index is 12.3. The van der Waals surface area contributed by atoms with Crippen molar-refractivity contribution in [2.24, 2.45) is 10.1 Å². The summed E-state index contributed by atoms with van der Waals surface area (Å²) >= 11 is 0. The van der Waals surface area contributed by atoms with Gasteiger partial charge in [0.25, 0.3) is 0 Å². The third kappa shape index (κ3) is 3.66. The highest BCUT2D eigenvalue weighted by molar-refractivity contribution is 6.07. The number of hydrogen-bond acceptors (Lipinski definition) is 3. The van der Waals surface area contributed by atoms with E-state index in [0.717, 1.165) is 39.0 Å². The minimum atomic E-state index is -0.0978. The normalized spacial score (nSPS) is 16.2. The van der Waals surface area contributed by atoms with E-state index in [9.17, 15) is 4.79 Å². The average Bonchev–Trinajstić information content (AvgIpc) is 3.43. The lowest BCUT2D eigenvalue weighted by Gasteiger charge is -2.20. The Morgan fingerprint density at radius 2 is 1.77 bits per heavy atom. The van der Waals surface area contributed by atoms with Crippen LogP contribution in [0.3, 0.4) is 0 Å². The summed E-state index contributed by atoms with van der Waals surface area (Å²) in [5.74, 6) is -0.0661. The number of H-pyrrole nitrogens is 1. The second-order valence-electron chi connectivity index (χ2n) is 7.61. The zero-order valence-corrected chi connectivity index (χ0v) is 17.2. The Hall–Kier alpha value is -3.99. The highest BCUT2D eigenvalue weighted by atomic mass is 16.2. The number of carbonyl (C=O) groups excluding carboxylic acids is 1. The Labute approximate surface area is 180 Å². The predicted octanol–water partition coefficient (Wildman–Crippen LogP) is 5.62. The number of nitrogens with one attached hydrogen (secondary N) is 1. The maximum Gasteiger partial charge on any atom is 0.240 e. The van der Waals surface area contributed by atoms with Gasteiger partial charge in [0.05, 0.1) is 17.4 Å². The van der Waals surface area contributed by atoms with Gasteiger partial charge >= 0.3 is 0 Å². The first-order chi connectivity index (χ1) is 15.2. The van der Waals surface area contributed by atoms with Crippen LogP contribution in [0, 0.1) is 0 Å². The molecule has 4 aromatic rings. The molecular formula is C26H22N4O. The van der Waals surface area contributed by atoms with Crippen molar-refractivity contribution in [2.45, 2.75) is 19.4 Å². The monoisotopic (exact) mass is 406 g/mol. The number of carbonyl (C=O) groups is 1. The zero-order valence-electron chi connectivity index (χ0n) is 17.2. The molecule has 3 aromatic carbocycles. The van der Waals surface area contributed by atoms with Gasteiger partial charge in [-0.2, -0.15) is 5.10 Å². The van der Waals surface area contributed by atoms with Crippen molar-refractivity contribution < 1.29 is 4.79 Å². The smallest absolute Gasteiger partial charge is 0.240 e. The molecule has 1 aromatic heterocycles. The summed E-state index contributed by atoms with van der Waals surface area (Å²) in [5.41, 5.74) is 5.85. The highest BCUT2D eigenvalue weighted by Crippen LogP contribution is 2.35. The van der Waals surface area contributed by atoms with E-state index in [-0.39, 0.29) is 11.9 Å². The van der Waals surface area contributed by atoms with Gasteiger partial charge in [-0.25, -0.2) is 5.01 Å². The largest absolute Gasteiger partial charge is 0.361 e. The topological polar surface area (TPSA) is 60.8 Å². The number of fused-ring (bicyclic) bond motifs is 1. The predicted molar refractivity (Wildman–Crippen MR) is 125 cm³/mol.